The molecule has 0 fully saturated rings. The van der Waals surface area contributed by atoms with Crippen LogP contribution in [-0.4, -0.2) is 15.8 Å². The highest BCUT2D eigenvalue weighted by Gasteiger charge is 2.12. The highest BCUT2D eigenvalue weighted by atomic mass is 15.3. The van der Waals surface area contributed by atoms with Crippen LogP contribution in [0, 0.1) is 6.92 Å². The van der Waals surface area contributed by atoms with Crippen LogP contribution in [-0.2, 0) is 13.0 Å². The van der Waals surface area contributed by atoms with Crippen molar-refractivity contribution < 1.29 is 0 Å². The van der Waals surface area contributed by atoms with Crippen molar-refractivity contribution in [3.8, 4) is 0 Å². The third-order valence-corrected chi connectivity index (χ3v) is 3.18. The first kappa shape index (κ1) is 11.4. The van der Waals surface area contributed by atoms with E-state index in [2.05, 4.69) is 35.8 Å². The van der Waals surface area contributed by atoms with Gasteiger partial charge in [0.1, 0.15) is 0 Å². The Bertz CT molecular complexity index is 390. The van der Waals surface area contributed by atoms with E-state index in [0.29, 0.717) is 0 Å². The van der Waals surface area contributed by atoms with Crippen molar-refractivity contribution >= 4 is 0 Å². The monoisotopic (exact) mass is 219 g/mol. The van der Waals surface area contributed by atoms with Gasteiger partial charge in [-0.3, -0.25) is 4.68 Å². The molecule has 0 saturated heterocycles. The molecular weight excluding hydrogens is 198 g/mol. The van der Waals surface area contributed by atoms with Crippen molar-refractivity contribution in [1.29, 1.82) is 0 Å². The maximum atomic E-state index is 5.96. The molecular formula is C13H21N3. The van der Waals surface area contributed by atoms with Gasteiger partial charge in [0.2, 0.25) is 0 Å². The fourth-order valence-electron chi connectivity index (χ4n) is 2.43. The van der Waals surface area contributed by atoms with E-state index >= 15 is 0 Å². The van der Waals surface area contributed by atoms with Gasteiger partial charge in [0.25, 0.3) is 0 Å². The van der Waals surface area contributed by atoms with Crippen LogP contribution >= 0.6 is 0 Å². The van der Waals surface area contributed by atoms with Crippen LogP contribution in [0.15, 0.2) is 17.7 Å². The van der Waals surface area contributed by atoms with Gasteiger partial charge in [-0.25, -0.2) is 0 Å². The van der Waals surface area contributed by atoms with Gasteiger partial charge in [0.05, 0.1) is 5.69 Å². The van der Waals surface area contributed by atoms with Crippen LogP contribution in [0.1, 0.15) is 37.6 Å². The first-order valence-electron chi connectivity index (χ1n) is 6.17. The van der Waals surface area contributed by atoms with Gasteiger partial charge < -0.3 is 5.73 Å². The van der Waals surface area contributed by atoms with Crippen molar-refractivity contribution in [1.82, 2.24) is 9.78 Å². The normalized spacial score (nSPS) is 20.9. The Kier molecular flexibility index (Phi) is 3.44. The number of nitrogens with two attached hydrogens (primary N) is 1. The molecule has 1 heterocycles. The highest BCUT2D eigenvalue weighted by molar-refractivity contribution is 5.20. The highest BCUT2D eigenvalue weighted by Crippen LogP contribution is 2.21. The van der Waals surface area contributed by atoms with E-state index in [-0.39, 0.29) is 6.04 Å². The molecule has 0 aliphatic heterocycles. The summed E-state index contributed by atoms with van der Waals surface area (Å²) in [4.78, 5) is 0. The molecule has 0 bridgehead atoms. The SMILES string of the molecule is CCn1nc(C)cc1CC1=CC(N)CCC1. The Balaban J connectivity index is 2.13. The zero-order valence-corrected chi connectivity index (χ0v) is 10.2. The largest absolute Gasteiger partial charge is 0.324 e. The van der Waals surface area contributed by atoms with Gasteiger partial charge in [-0.2, -0.15) is 5.10 Å². The lowest BCUT2D eigenvalue weighted by Gasteiger charge is -2.17. The summed E-state index contributed by atoms with van der Waals surface area (Å²) in [5.74, 6) is 0. The van der Waals surface area contributed by atoms with Gasteiger partial charge in [0, 0.05) is 24.7 Å². The molecule has 16 heavy (non-hydrogen) atoms. The fraction of sp³-hybridized carbons (Fsp3) is 0.615. The summed E-state index contributed by atoms with van der Waals surface area (Å²) in [5.41, 5.74) is 9.86. The third-order valence-electron chi connectivity index (χ3n) is 3.18. The number of aromatic nitrogens is 2. The second kappa shape index (κ2) is 4.83. The molecule has 1 aromatic heterocycles. The lowest BCUT2D eigenvalue weighted by molar-refractivity contribution is 0.593. The Morgan fingerprint density at radius 3 is 3.06 bits per heavy atom. The second-order valence-corrected chi connectivity index (χ2v) is 4.65. The minimum atomic E-state index is 0.267. The van der Waals surface area contributed by atoms with Gasteiger partial charge in [-0.1, -0.05) is 11.6 Å². The Hall–Kier alpha value is -1.09. The average Bonchev–Trinajstić information content (AvgIpc) is 2.59. The van der Waals surface area contributed by atoms with Gasteiger partial charge >= 0.3 is 0 Å². The maximum absolute atomic E-state index is 5.96. The number of allylic oxidation sites excluding steroid dienone is 1. The lowest BCUT2D eigenvalue weighted by atomic mass is 9.93. The van der Waals surface area contributed by atoms with Crippen molar-refractivity contribution in [2.45, 2.75) is 52.1 Å². The molecule has 1 aromatic rings. The average molecular weight is 219 g/mol. The van der Waals surface area contributed by atoms with E-state index in [1.807, 2.05) is 0 Å². The van der Waals surface area contributed by atoms with Gasteiger partial charge in [-0.05, 0) is 39.2 Å². The van der Waals surface area contributed by atoms with Crippen LogP contribution in [0.2, 0.25) is 0 Å². The molecule has 1 aliphatic rings. The summed E-state index contributed by atoms with van der Waals surface area (Å²) < 4.78 is 2.09. The Morgan fingerprint density at radius 2 is 2.38 bits per heavy atom. The first-order chi connectivity index (χ1) is 7.69. The number of hydrogen-bond donors (Lipinski definition) is 1. The number of hydrogen-bond acceptors (Lipinski definition) is 2. The van der Waals surface area contributed by atoms with E-state index < -0.39 is 0 Å². The third kappa shape index (κ3) is 2.53. The molecule has 1 aliphatic carbocycles. The van der Waals surface area contributed by atoms with Crippen LogP contribution < -0.4 is 5.73 Å². The molecule has 2 N–H and O–H groups in total. The Labute approximate surface area is 97.3 Å². The quantitative estimate of drug-likeness (QED) is 0.792. The lowest BCUT2D eigenvalue weighted by Crippen LogP contribution is -2.21. The topological polar surface area (TPSA) is 43.8 Å². The molecule has 0 radical (unpaired) electrons. The second-order valence-electron chi connectivity index (χ2n) is 4.65. The minimum Gasteiger partial charge on any atom is -0.324 e. The van der Waals surface area contributed by atoms with Crippen molar-refractivity contribution in [2.24, 2.45) is 5.73 Å². The van der Waals surface area contributed by atoms with E-state index in [1.54, 1.807) is 0 Å². The summed E-state index contributed by atoms with van der Waals surface area (Å²) in [5, 5.41) is 4.47. The van der Waals surface area contributed by atoms with E-state index in [9.17, 15) is 0 Å². The minimum absolute atomic E-state index is 0.267. The smallest absolute Gasteiger partial charge is 0.0596 e. The number of rotatable bonds is 3. The van der Waals surface area contributed by atoms with Gasteiger partial charge in [-0.15, -0.1) is 0 Å². The summed E-state index contributed by atoms with van der Waals surface area (Å²) >= 11 is 0. The van der Waals surface area contributed by atoms with Crippen LogP contribution in [0.5, 0.6) is 0 Å². The molecule has 88 valence electrons. The van der Waals surface area contributed by atoms with Crippen LogP contribution in [0.25, 0.3) is 0 Å². The van der Waals surface area contributed by atoms with Crippen molar-refractivity contribution in [3.05, 3.63) is 29.1 Å². The molecule has 0 amide bonds. The zero-order chi connectivity index (χ0) is 11.5. The number of aryl methyl sites for hydroxylation is 2. The van der Waals surface area contributed by atoms with Crippen molar-refractivity contribution in [3.63, 3.8) is 0 Å². The first-order valence-corrected chi connectivity index (χ1v) is 6.17. The van der Waals surface area contributed by atoms with Crippen LogP contribution in [0.4, 0.5) is 0 Å². The standard InChI is InChI=1S/C13H21N3/c1-3-16-13(7-10(2)15-16)9-11-5-4-6-12(14)8-11/h7-8,12H,3-6,9,14H2,1-2H3. The summed E-state index contributed by atoms with van der Waals surface area (Å²) in [6.07, 6.45) is 6.82. The van der Waals surface area contributed by atoms with E-state index in [0.717, 1.165) is 25.1 Å². The Morgan fingerprint density at radius 1 is 1.56 bits per heavy atom. The molecule has 0 saturated carbocycles. The predicted molar refractivity (Wildman–Crippen MR) is 66.3 cm³/mol. The molecule has 2 rings (SSSR count). The van der Waals surface area contributed by atoms with E-state index in [1.165, 1.54) is 24.1 Å². The van der Waals surface area contributed by atoms with Gasteiger partial charge in [0.15, 0.2) is 0 Å². The summed E-state index contributed by atoms with van der Waals surface area (Å²) in [6.45, 7) is 5.14. The molecule has 0 aromatic carbocycles. The molecule has 1 atom stereocenters. The van der Waals surface area contributed by atoms with E-state index in [4.69, 9.17) is 5.73 Å². The maximum Gasteiger partial charge on any atom is 0.0596 e. The zero-order valence-electron chi connectivity index (χ0n) is 10.2. The fourth-order valence-corrected chi connectivity index (χ4v) is 2.43. The molecule has 3 heteroatoms. The van der Waals surface area contributed by atoms with Crippen molar-refractivity contribution in [2.75, 3.05) is 0 Å². The number of nitrogens with zero attached hydrogens (tertiary/aromatic N) is 2. The summed E-state index contributed by atoms with van der Waals surface area (Å²) in [6, 6.07) is 2.45. The molecule has 0 spiro atoms. The predicted octanol–water partition coefficient (Wildman–Crippen LogP) is 2.19. The summed E-state index contributed by atoms with van der Waals surface area (Å²) in [7, 11) is 0. The molecule has 1 unspecified atom stereocenters. The molecule has 3 nitrogen and oxygen atoms in total. The van der Waals surface area contributed by atoms with Crippen LogP contribution in [0.3, 0.4) is 0 Å².